The largest absolute Gasteiger partial charge is 0.480 e. The van der Waals surface area contributed by atoms with Crippen LogP contribution in [0, 0.1) is 11.3 Å². The lowest BCUT2D eigenvalue weighted by molar-refractivity contribution is -0.144. The number of carboxylic acids is 1. The molecule has 1 unspecified atom stereocenters. The highest BCUT2D eigenvalue weighted by atomic mass is 16.4. The first-order valence-electron chi connectivity index (χ1n) is 7.02. The topological polar surface area (TPSA) is 83.6 Å². The van der Waals surface area contributed by atoms with E-state index in [1.54, 1.807) is 6.08 Å². The van der Waals surface area contributed by atoms with E-state index < -0.39 is 5.97 Å². The molecule has 20 heavy (non-hydrogen) atoms. The molecule has 0 heterocycles. The molecular weight excluding hydrogens is 256 g/mol. The Balaban J connectivity index is 4.54. The van der Waals surface area contributed by atoms with Gasteiger partial charge >= 0.3 is 5.97 Å². The van der Waals surface area contributed by atoms with E-state index in [4.69, 9.17) is 10.8 Å². The minimum Gasteiger partial charge on any atom is -0.480 e. The highest BCUT2D eigenvalue weighted by Crippen LogP contribution is 2.32. The van der Waals surface area contributed by atoms with Gasteiger partial charge in [-0.15, -0.1) is 6.58 Å². The van der Waals surface area contributed by atoms with Crippen molar-refractivity contribution in [1.29, 1.82) is 0 Å². The SMILES string of the molecule is C=CCN(CC(=O)O)C(=O)CCC(CCN)C(C)(C)C. The second-order valence-electron chi connectivity index (χ2n) is 6.14. The number of hydrogen-bond donors (Lipinski definition) is 2. The van der Waals surface area contributed by atoms with Gasteiger partial charge in [0.25, 0.3) is 0 Å². The first-order chi connectivity index (χ1) is 9.22. The zero-order chi connectivity index (χ0) is 15.8. The Morgan fingerprint density at radius 3 is 2.35 bits per heavy atom. The van der Waals surface area contributed by atoms with Crippen molar-refractivity contribution in [3.63, 3.8) is 0 Å². The van der Waals surface area contributed by atoms with E-state index >= 15 is 0 Å². The summed E-state index contributed by atoms with van der Waals surface area (Å²) in [6.07, 6.45) is 3.50. The molecule has 0 saturated carbocycles. The fourth-order valence-corrected chi connectivity index (χ4v) is 2.24. The number of nitrogens with zero attached hydrogens (tertiary/aromatic N) is 1. The first kappa shape index (κ1) is 18.6. The van der Waals surface area contributed by atoms with Crippen LogP contribution in [0.25, 0.3) is 0 Å². The third-order valence-corrected chi connectivity index (χ3v) is 3.47. The minimum absolute atomic E-state index is 0.0930. The molecule has 0 aliphatic carbocycles. The van der Waals surface area contributed by atoms with E-state index in [1.165, 1.54) is 4.90 Å². The van der Waals surface area contributed by atoms with Gasteiger partial charge in [0, 0.05) is 13.0 Å². The molecule has 5 heteroatoms. The molecule has 1 amide bonds. The van der Waals surface area contributed by atoms with E-state index in [-0.39, 0.29) is 24.4 Å². The van der Waals surface area contributed by atoms with Gasteiger partial charge in [0.15, 0.2) is 0 Å². The van der Waals surface area contributed by atoms with E-state index in [1.807, 2.05) is 0 Å². The van der Waals surface area contributed by atoms with Crippen molar-refractivity contribution in [3.8, 4) is 0 Å². The van der Waals surface area contributed by atoms with Crippen molar-refractivity contribution in [2.24, 2.45) is 17.1 Å². The fourth-order valence-electron chi connectivity index (χ4n) is 2.24. The van der Waals surface area contributed by atoms with Gasteiger partial charge < -0.3 is 15.7 Å². The smallest absolute Gasteiger partial charge is 0.323 e. The summed E-state index contributed by atoms with van der Waals surface area (Å²) >= 11 is 0. The summed E-state index contributed by atoms with van der Waals surface area (Å²) in [5.74, 6) is -0.792. The Bertz CT molecular complexity index is 335. The molecule has 0 aromatic rings. The van der Waals surface area contributed by atoms with Crippen LogP contribution in [0.1, 0.15) is 40.0 Å². The van der Waals surface area contributed by atoms with E-state index in [9.17, 15) is 9.59 Å². The summed E-state index contributed by atoms with van der Waals surface area (Å²) in [5, 5.41) is 8.81. The zero-order valence-corrected chi connectivity index (χ0v) is 12.9. The fraction of sp³-hybridized carbons (Fsp3) is 0.733. The molecule has 0 bridgehead atoms. The van der Waals surface area contributed by atoms with Crippen molar-refractivity contribution >= 4 is 11.9 Å². The quantitative estimate of drug-likeness (QED) is 0.633. The monoisotopic (exact) mass is 284 g/mol. The number of hydrogen-bond acceptors (Lipinski definition) is 3. The molecular formula is C15H28N2O3. The summed E-state index contributed by atoms with van der Waals surface area (Å²) in [6.45, 7) is 10.5. The number of carbonyl (C=O) groups is 2. The number of nitrogens with two attached hydrogens (primary N) is 1. The van der Waals surface area contributed by atoms with Gasteiger partial charge in [-0.25, -0.2) is 0 Å². The van der Waals surface area contributed by atoms with Crippen LogP contribution >= 0.6 is 0 Å². The van der Waals surface area contributed by atoms with Crippen molar-refractivity contribution in [2.45, 2.75) is 40.0 Å². The Hall–Kier alpha value is -1.36. The Labute approximate surface area is 121 Å². The van der Waals surface area contributed by atoms with Gasteiger partial charge in [0.2, 0.25) is 5.91 Å². The summed E-state index contributed by atoms with van der Waals surface area (Å²) < 4.78 is 0. The molecule has 0 spiro atoms. The predicted octanol–water partition coefficient (Wildman–Crippen LogP) is 1.88. The summed E-state index contributed by atoms with van der Waals surface area (Å²) in [5.41, 5.74) is 5.71. The first-order valence-corrected chi connectivity index (χ1v) is 7.02. The summed E-state index contributed by atoms with van der Waals surface area (Å²) in [6, 6.07) is 0. The molecule has 0 saturated heterocycles. The van der Waals surface area contributed by atoms with Crippen LogP contribution in [0.3, 0.4) is 0 Å². The van der Waals surface area contributed by atoms with Crippen LogP contribution in [0.5, 0.6) is 0 Å². The maximum atomic E-state index is 12.1. The molecule has 0 aliphatic heterocycles. The normalized spacial score (nSPS) is 12.8. The van der Waals surface area contributed by atoms with Crippen LogP contribution in [-0.4, -0.2) is 41.5 Å². The van der Waals surface area contributed by atoms with Crippen molar-refractivity contribution < 1.29 is 14.7 Å². The third kappa shape index (κ3) is 7.28. The van der Waals surface area contributed by atoms with Crippen molar-refractivity contribution in [3.05, 3.63) is 12.7 Å². The molecule has 0 aromatic heterocycles. The predicted molar refractivity (Wildman–Crippen MR) is 80.3 cm³/mol. The molecule has 0 aliphatic rings. The van der Waals surface area contributed by atoms with Crippen LogP contribution in [0.4, 0.5) is 0 Å². The van der Waals surface area contributed by atoms with Crippen molar-refractivity contribution in [2.75, 3.05) is 19.6 Å². The Morgan fingerprint density at radius 1 is 1.35 bits per heavy atom. The van der Waals surface area contributed by atoms with Crippen LogP contribution in [-0.2, 0) is 9.59 Å². The molecule has 0 aromatic carbocycles. The number of amides is 1. The summed E-state index contributed by atoms with van der Waals surface area (Å²) in [7, 11) is 0. The van der Waals surface area contributed by atoms with Gasteiger partial charge in [-0.3, -0.25) is 9.59 Å². The second-order valence-corrected chi connectivity index (χ2v) is 6.14. The Morgan fingerprint density at radius 2 is 1.95 bits per heavy atom. The van der Waals surface area contributed by atoms with Crippen LogP contribution < -0.4 is 5.73 Å². The molecule has 5 nitrogen and oxygen atoms in total. The second kappa shape index (κ2) is 8.74. The third-order valence-electron chi connectivity index (χ3n) is 3.47. The highest BCUT2D eigenvalue weighted by Gasteiger charge is 2.25. The van der Waals surface area contributed by atoms with Crippen molar-refractivity contribution in [1.82, 2.24) is 4.90 Å². The van der Waals surface area contributed by atoms with Gasteiger partial charge in [-0.05, 0) is 30.7 Å². The average Bonchev–Trinajstić information content (AvgIpc) is 2.31. The lowest BCUT2D eigenvalue weighted by Gasteiger charge is -2.31. The average molecular weight is 284 g/mol. The standard InChI is InChI=1S/C15H28N2O3/c1-5-10-17(11-14(19)20)13(18)7-6-12(8-9-16)15(2,3)4/h5,12H,1,6-11,16H2,2-4H3,(H,19,20). The highest BCUT2D eigenvalue weighted by molar-refractivity contribution is 5.81. The van der Waals surface area contributed by atoms with Gasteiger partial charge in [-0.1, -0.05) is 26.8 Å². The van der Waals surface area contributed by atoms with Crippen LogP contribution in [0.15, 0.2) is 12.7 Å². The molecule has 0 radical (unpaired) electrons. The number of carboxylic acid groups (broad SMARTS) is 1. The molecule has 0 rings (SSSR count). The number of aliphatic carboxylic acids is 1. The lowest BCUT2D eigenvalue weighted by Crippen LogP contribution is -2.36. The Kier molecular flexibility index (Phi) is 8.15. The van der Waals surface area contributed by atoms with E-state index in [0.29, 0.717) is 18.9 Å². The zero-order valence-electron chi connectivity index (χ0n) is 12.9. The summed E-state index contributed by atoms with van der Waals surface area (Å²) in [4.78, 5) is 24.1. The van der Waals surface area contributed by atoms with E-state index in [0.717, 1.165) is 12.8 Å². The molecule has 3 N–H and O–H groups in total. The molecule has 1 atom stereocenters. The minimum atomic E-state index is -1.01. The number of rotatable bonds is 9. The lowest BCUT2D eigenvalue weighted by atomic mass is 9.76. The molecule has 116 valence electrons. The van der Waals surface area contributed by atoms with Crippen LogP contribution in [0.2, 0.25) is 0 Å². The van der Waals surface area contributed by atoms with Gasteiger partial charge in [0.1, 0.15) is 6.54 Å². The molecule has 0 fully saturated rings. The van der Waals surface area contributed by atoms with Gasteiger partial charge in [-0.2, -0.15) is 0 Å². The number of carbonyl (C=O) groups excluding carboxylic acids is 1. The maximum absolute atomic E-state index is 12.1. The van der Waals surface area contributed by atoms with E-state index in [2.05, 4.69) is 27.4 Å². The van der Waals surface area contributed by atoms with Gasteiger partial charge in [0.05, 0.1) is 0 Å². The maximum Gasteiger partial charge on any atom is 0.323 e.